The van der Waals surface area contributed by atoms with Crippen molar-refractivity contribution in [3.05, 3.63) is 29.8 Å². The van der Waals surface area contributed by atoms with Gasteiger partial charge in [-0.3, -0.25) is 4.79 Å². The number of carbonyl (C=O) groups excluding carboxylic acids is 3. The quantitative estimate of drug-likeness (QED) is 0.522. The summed E-state index contributed by atoms with van der Waals surface area (Å²) in [5.74, 6) is -0.602. The first kappa shape index (κ1) is 22.3. The maximum Gasteiger partial charge on any atom is 0.331 e. The Kier molecular flexibility index (Phi) is 8.51. The number of rotatable bonds is 8. The molecule has 0 fully saturated rings. The Morgan fingerprint density at radius 2 is 1.93 bits per heavy atom. The molecule has 0 saturated heterocycles. The topological polar surface area (TPSA) is 100 Å². The fraction of sp³-hybridized carbons (Fsp3) is 0.476. The van der Waals surface area contributed by atoms with E-state index in [9.17, 15) is 14.4 Å². The number of carbonyl (C=O) groups is 3. The number of methoxy groups -OCH3 is 1. The lowest BCUT2D eigenvalue weighted by atomic mass is 9.99. The molecule has 1 aromatic rings. The van der Waals surface area contributed by atoms with Gasteiger partial charge in [-0.25, -0.2) is 9.59 Å². The molecule has 0 aliphatic carbocycles. The predicted octanol–water partition coefficient (Wildman–Crippen LogP) is 2.11. The van der Waals surface area contributed by atoms with Gasteiger partial charge in [-0.2, -0.15) is 0 Å². The number of hydrogen-bond donors (Lipinski definition) is 1. The highest BCUT2D eigenvalue weighted by atomic mass is 16.5. The van der Waals surface area contributed by atoms with Crippen LogP contribution in [0.5, 0.6) is 11.5 Å². The van der Waals surface area contributed by atoms with E-state index in [0.717, 1.165) is 12.0 Å². The average molecular weight is 405 g/mol. The van der Waals surface area contributed by atoms with Gasteiger partial charge in [0.1, 0.15) is 6.04 Å². The molecule has 158 valence electrons. The van der Waals surface area contributed by atoms with Gasteiger partial charge in [0.15, 0.2) is 18.1 Å². The van der Waals surface area contributed by atoms with E-state index < -0.39 is 30.5 Å². The van der Waals surface area contributed by atoms with Crippen LogP contribution in [0.25, 0.3) is 6.08 Å². The molecule has 2 rings (SSSR count). The first-order valence-corrected chi connectivity index (χ1v) is 9.56. The smallest absolute Gasteiger partial charge is 0.331 e. The number of benzene rings is 1. The lowest BCUT2D eigenvalue weighted by Crippen LogP contribution is -2.47. The fourth-order valence-corrected chi connectivity index (χ4v) is 2.64. The number of ether oxygens (including phenoxy) is 4. The standard InChI is InChI=1S/C21H27NO7/c1-4-14(2)20(21(25)26-3)22-18(23)13-29-19(24)9-7-15-6-8-16-17(12-15)28-11-5-10-27-16/h6-9,12,14,20H,4-5,10-11,13H2,1-3H3,(H,22,23)/b9-7+/t14-,20-/m0/s1. The van der Waals surface area contributed by atoms with Crippen molar-refractivity contribution in [1.82, 2.24) is 5.32 Å². The Balaban J connectivity index is 1.86. The molecule has 0 saturated carbocycles. The minimum Gasteiger partial charge on any atom is -0.490 e. The number of esters is 2. The molecule has 1 N–H and O–H groups in total. The highest BCUT2D eigenvalue weighted by Gasteiger charge is 2.26. The Morgan fingerprint density at radius 3 is 2.62 bits per heavy atom. The predicted molar refractivity (Wildman–Crippen MR) is 105 cm³/mol. The summed E-state index contributed by atoms with van der Waals surface area (Å²) < 4.78 is 20.8. The summed E-state index contributed by atoms with van der Waals surface area (Å²) in [6.07, 6.45) is 4.27. The Bertz CT molecular complexity index is 759. The van der Waals surface area contributed by atoms with Crippen molar-refractivity contribution in [2.75, 3.05) is 26.9 Å². The van der Waals surface area contributed by atoms with E-state index >= 15 is 0 Å². The normalized spacial score (nSPS) is 15.1. The van der Waals surface area contributed by atoms with E-state index in [1.54, 1.807) is 24.3 Å². The molecular weight excluding hydrogens is 378 g/mol. The number of nitrogens with one attached hydrogen (secondary N) is 1. The molecule has 1 aliphatic rings. The molecule has 2 atom stereocenters. The summed E-state index contributed by atoms with van der Waals surface area (Å²) in [5, 5.41) is 2.54. The van der Waals surface area contributed by atoms with Crippen LogP contribution >= 0.6 is 0 Å². The second kappa shape index (κ2) is 11.1. The molecule has 1 amide bonds. The van der Waals surface area contributed by atoms with Gasteiger partial charge in [0.2, 0.25) is 0 Å². The monoisotopic (exact) mass is 405 g/mol. The van der Waals surface area contributed by atoms with Crippen molar-refractivity contribution in [2.45, 2.75) is 32.7 Å². The molecule has 0 radical (unpaired) electrons. The highest BCUT2D eigenvalue weighted by Crippen LogP contribution is 2.30. The molecule has 1 aromatic carbocycles. The second-order valence-electron chi connectivity index (χ2n) is 6.65. The summed E-state index contributed by atoms with van der Waals surface area (Å²) in [4.78, 5) is 35.7. The third kappa shape index (κ3) is 6.81. The largest absolute Gasteiger partial charge is 0.490 e. The molecule has 0 aromatic heterocycles. The molecular formula is C21H27NO7. The van der Waals surface area contributed by atoms with Gasteiger partial charge in [-0.1, -0.05) is 26.3 Å². The van der Waals surface area contributed by atoms with Gasteiger partial charge >= 0.3 is 11.9 Å². The first-order chi connectivity index (χ1) is 13.9. The Labute approximate surface area is 170 Å². The summed E-state index contributed by atoms with van der Waals surface area (Å²) in [7, 11) is 1.26. The van der Waals surface area contributed by atoms with Gasteiger partial charge < -0.3 is 24.3 Å². The van der Waals surface area contributed by atoms with Crippen LogP contribution in [0.1, 0.15) is 32.3 Å². The van der Waals surface area contributed by atoms with Gasteiger partial charge in [0.05, 0.1) is 20.3 Å². The van der Waals surface area contributed by atoms with Crippen LogP contribution in [-0.2, 0) is 23.9 Å². The first-order valence-electron chi connectivity index (χ1n) is 9.56. The number of fused-ring (bicyclic) bond motifs is 1. The molecule has 29 heavy (non-hydrogen) atoms. The van der Waals surface area contributed by atoms with Crippen molar-refractivity contribution in [1.29, 1.82) is 0 Å². The molecule has 1 heterocycles. The van der Waals surface area contributed by atoms with Crippen LogP contribution in [0.2, 0.25) is 0 Å². The molecule has 0 unspecified atom stereocenters. The van der Waals surface area contributed by atoms with Crippen LogP contribution in [0.3, 0.4) is 0 Å². The summed E-state index contributed by atoms with van der Waals surface area (Å²) in [6.45, 7) is 4.41. The maximum absolute atomic E-state index is 12.0. The maximum atomic E-state index is 12.0. The van der Waals surface area contributed by atoms with Crippen molar-refractivity contribution >= 4 is 23.9 Å². The van der Waals surface area contributed by atoms with E-state index in [1.165, 1.54) is 13.2 Å². The van der Waals surface area contributed by atoms with Crippen molar-refractivity contribution < 1.29 is 33.3 Å². The van der Waals surface area contributed by atoms with E-state index in [-0.39, 0.29) is 5.92 Å². The minimum absolute atomic E-state index is 0.110. The summed E-state index contributed by atoms with van der Waals surface area (Å²) in [5.41, 5.74) is 0.734. The number of hydrogen-bond acceptors (Lipinski definition) is 7. The second-order valence-corrected chi connectivity index (χ2v) is 6.65. The number of amides is 1. The van der Waals surface area contributed by atoms with Gasteiger partial charge in [0.25, 0.3) is 5.91 Å². The van der Waals surface area contributed by atoms with E-state index in [0.29, 0.717) is 31.1 Å². The average Bonchev–Trinajstić information content (AvgIpc) is 2.98. The summed E-state index contributed by atoms with van der Waals surface area (Å²) in [6, 6.07) is 4.55. The SMILES string of the molecule is CC[C@H](C)[C@H](NC(=O)COC(=O)/C=C/c1ccc2c(c1)OCCCO2)C(=O)OC. The molecule has 0 bridgehead atoms. The lowest BCUT2D eigenvalue weighted by Gasteiger charge is -2.21. The summed E-state index contributed by atoms with van der Waals surface area (Å²) >= 11 is 0. The van der Waals surface area contributed by atoms with Crippen molar-refractivity contribution in [3.63, 3.8) is 0 Å². The van der Waals surface area contributed by atoms with Crippen LogP contribution in [0.15, 0.2) is 24.3 Å². The van der Waals surface area contributed by atoms with E-state index in [1.807, 2.05) is 13.8 Å². The lowest BCUT2D eigenvalue weighted by molar-refractivity contribution is -0.148. The van der Waals surface area contributed by atoms with Crippen LogP contribution in [-0.4, -0.2) is 50.8 Å². The van der Waals surface area contributed by atoms with Gasteiger partial charge in [-0.15, -0.1) is 0 Å². The third-order valence-corrected chi connectivity index (χ3v) is 4.51. The molecule has 0 spiro atoms. The third-order valence-electron chi connectivity index (χ3n) is 4.51. The minimum atomic E-state index is -0.784. The van der Waals surface area contributed by atoms with Crippen LogP contribution in [0, 0.1) is 5.92 Å². The molecule has 8 nitrogen and oxygen atoms in total. The highest BCUT2D eigenvalue weighted by molar-refractivity contribution is 5.90. The zero-order chi connectivity index (χ0) is 21.2. The van der Waals surface area contributed by atoms with Crippen molar-refractivity contribution in [3.8, 4) is 11.5 Å². The Hall–Kier alpha value is -3.03. The van der Waals surface area contributed by atoms with Gasteiger partial charge in [0, 0.05) is 12.5 Å². The zero-order valence-electron chi connectivity index (χ0n) is 16.9. The fourth-order valence-electron chi connectivity index (χ4n) is 2.64. The zero-order valence-corrected chi connectivity index (χ0v) is 16.9. The van der Waals surface area contributed by atoms with Crippen LogP contribution in [0.4, 0.5) is 0 Å². The van der Waals surface area contributed by atoms with E-state index in [4.69, 9.17) is 18.9 Å². The van der Waals surface area contributed by atoms with Crippen LogP contribution < -0.4 is 14.8 Å². The molecule has 1 aliphatic heterocycles. The van der Waals surface area contributed by atoms with E-state index in [2.05, 4.69) is 5.32 Å². The van der Waals surface area contributed by atoms with Gasteiger partial charge in [-0.05, 0) is 29.7 Å². The molecule has 8 heteroatoms. The Morgan fingerprint density at radius 1 is 1.21 bits per heavy atom. The van der Waals surface area contributed by atoms with Crippen molar-refractivity contribution in [2.24, 2.45) is 5.92 Å².